The zero-order valence-electron chi connectivity index (χ0n) is 6.61. The molecule has 0 aromatic rings. The van der Waals surface area contributed by atoms with Crippen molar-refractivity contribution in [3.05, 3.63) is 0 Å². The highest BCUT2D eigenvalue weighted by Gasteiger charge is 2.10. The van der Waals surface area contributed by atoms with Gasteiger partial charge >= 0.3 is 6.03 Å². The first-order valence-corrected chi connectivity index (χ1v) is 3.40. The van der Waals surface area contributed by atoms with E-state index in [2.05, 4.69) is 5.73 Å². The Balaban J connectivity index is 4.02. The number of carboxylic acid groups (broad SMARTS) is 2. The van der Waals surface area contributed by atoms with Crippen LogP contribution in [0, 0.1) is 0 Å². The highest BCUT2D eigenvalue weighted by molar-refractivity contribution is 5.80. The zero-order valence-corrected chi connectivity index (χ0v) is 6.61. The molecule has 0 spiro atoms. The monoisotopic (exact) mass is 188 g/mol. The Morgan fingerprint density at radius 1 is 1.31 bits per heavy atom. The molecule has 7 nitrogen and oxygen atoms in total. The molecule has 13 heavy (non-hydrogen) atoms. The standard InChI is InChI=1S/C6H10N2O5/c7-6(13)8-3(5(11)12)1-2-4(9)10/h3H,1-2H2,(H,9,10)(H,11,12)(H3,7,8,13)/p-2. The van der Waals surface area contributed by atoms with Crippen LogP contribution in [0.1, 0.15) is 12.8 Å². The normalized spacial score (nSPS) is 11.7. The predicted molar refractivity (Wildman–Crippen MR) is 35.8 cm³/mol. The van der Waals surface area contributed by atoms with Crippen molar-refractivity contribution in [3.8, 4) is 0 Å². The lowest BCUT2D eigenvalue weighted by molar-refractivity contribution is -0.309. The third kappa shape index (κ3) is 5.48. The van der Waals surface area contributed by atoms with Crippen LogP contribution in [0.15, 0.2) is 0 Å². The van der Waals surface area contributed by atoms with Crippen LogP contribution in [0.2, 0.25) is 0 Å². The van der Waals surface area contributed by atoms with Crippen molar-refractivity contribution in [2.45, 2.75) is 18.9 Å². The van der Waals surface area contributed by atoms with Crippen molar-refractivity contribution in [1.82, 2.24) is 5.32 Å². The molecule has 0 aliphatic heterocycles. The van der Waals surface area contributed by atoms with Crippen LogP contribution in [0.25, 0.3) is 0 Å². The summed E-state index contributed by atoms with van der Waals surface area (Å²) in [4.78, 5) is 30.4. The maximum Gasteiger partial charge on any atom is 0.312 e. The number of carbonyl (C=O) groups is 3. The molecule has 2 amide bonds. The van der Waals surface area contributed by atoms with Gasteiger partial charge in [0, 0.05) is 5.97 Å². The number of nitrogens with two attached hydrogens (primary N) is 1. The fourth-order valence-corrected chi connectivity index (χ4v) is 0.683. The van der Waals surface area contributed by atoms with Gasteiger partial charge in [-0.1, -0.05) is 0 Å². The Kier molecular flexibility index (Phi) is 4.28. The van der Waals surface area contributed by atoms with E-state index < -0.39 is 30.4 Å². The second-order valence-corrected chi connectivity index (χ2v) is 2.29. The Morgan fingerprint density at radius 3 is 2.15 bits per heavy atom. The molecule has 0 aliphatic carbocycles. The number of urea groups is 1. The van der Waals surface area contributed by atoms with Gasteiger partial charge in [0.15, 0.2) is 0 Å². The van der Waals surface area contributed by atoms with Gasteiger partial charge in [-0.3, -0.25) is 0 Å². The SMILES string of the molecule is NC(=O)NC(CCC(=O)[O-])C(=O)[O-]. The summed E-state index contributed by atoms with van der Waals surface area (Å²) in [6.45, 7) is 0. The average molecular weight is 188 g/mol. The number of hydrogen-bond donors (Lipinski definition) is 2. The summed E-state index contributed by atoms with van der Waals surface area (Å²) in [5.41, 5.74) is 4.63. The molecule has 0 fully saturated rings. The highest BCUT2D eigenvalue weighted by atomic mass is 16.4. The number of carbonyl (C=O) groups excluding carboxylic acids is 3. The number of amides is 2. The molecule has 0 bridgehead atoms. The third-order valence-electron chi connectivity index (χ3n) is 1.24. The van der Waals surface area contributed by atoms with Gasteiger partial charge < -0.3 is 30.9 Å². The number of nitrogens with one attached hydrogen (secondary N) is 1. The van der Waals surface area contributed by atoms with Crippen LogP contribution in [0.4, 0.5) is 4.79 Å². The van der Waals surface area contributed by atoms with Crippen LogP contribution < -0.4 is 21.3 Å². The average Bonchev–Trinajstić information content (AvgIpc) is 1.96. The van der Waals surface area contributed by atoms with Gasteiger partial charge in [0.05, 0.1) is 12.0 Å². The second kappa shape index (κ2) is 4.96. The molecule has 0 rings (SSSR count). The van der Waals surface area contributed by atoms with E-state index in [4.69, 9.17) is 0 Å². The fourth-order valence-electron chi connectivity index (χ4n) is 0.683. The van der Waals surface area contributed by atoms with Crippen LogP contribution in [0.3, 0.4) is 0 Å². The van der Waals surface area contributed by atoms with E-state index in [-0.39, 0.29) is 6.42 Å². The molecule has 0 heterocycles. The molecule has 0 radical (unpaired) electrons. The lowest BCUT2D eigenvalue weighted by Crippen LogP contribution is -2.50. The first-order chi connectivity index (χ1) is 5.93. The number of hydrogen-bond acceptors (Lipinski definition) is 5. The third-order valence-corrected chi connectivity index (χ3v) is 1.24. The number of primary amides is 1. The summed E-state index contributed by atoms with van der Waals surface area (Å²) in [6.07, 6.45) is -0.799. The largest absolute Gasteiger partial charge is 0.550 e. The lowest BCUT2D eigenvalue weighted by Gasteiger charge is -2.18. The Labute approximate surface area is 73.5 Å². The number of rotatable bonds is 5. The molecule has 1 unspecified atom stereocenters. The maximum absolute atomic E-state index is 10.3. The Morgan fingerprint density at radius 2 is 1.85 bits per heavy atom. The van der Waals surface area contributed by atoms with Crippen LogP contribution >= 0.6 is 0 Å². The first kappa shape index (κ1) is 11.2. The predicted octanol–water partition coefficient (Wildman–Crippen LogP) is -3.70. The van der Waals surface area contributed by atoms with Gasteiger partial charge in [-0.25, -0.2) is 4.79 Å². The molecule has 74 valence electrons. The van der Waals surface area contributed by atoms with E-state index >= 15 is 0 Å². The van der Waals surface area contributed by atoms with Crippen molar-refractivity contribution in [3.63, 3.8) is 0 Å². The van der Waals surface area contributed by atoms with E-state index in [1.807, 2.05) is 5.32 Å². The summed E-state index contributed by atoms with van der Waals surface area (Å²) in [7, 11) is 0. The fraction of sp³-hybridized carbons (Fsp3) is 0.500. The van der Waals surface area contributed by atoms with E-state index in [9.17, 15) is 24.6 Å². The Hall–Kier alpha value is -1.79. The van der Waals surface area contributed by atoms with Gasteiger partial charge in [-0.05, 0) is 12.8 Å². The molecular weight excluding hydrogens is 180 g/mol. The van der Waals surface area contributed by atoms with Crippen LogP contribution in [0.5, 0.6) is 0 Å². The van der Waals surface area contributed by atoms with Gasteiger partial charge in [-0.2, -0.15) is 0 Å². The lowest BCUT2D eigenvalue weighted by atomic mass is 10.1. The van der Waals surface area contributed by atoms with Crippen molar-refractivity contribution in [2.24, 2.45) is 5.73 Å². The zero-order chi connectivity index (χ0) is 10.4. The first-order valence-electron chi connectivity index (χ1n) is 3.40. The van der Waals surface area contributed by atoms with Crippen molar-refractivity contribution >= 4 is 18.0 Å². The summed E-state index contributed by atoms with van der Waals surface area (Å²) < 4.78 is 0. The van der Waals surface area contributed by atoms with Gasteiger partial charge in [0.25, 0.3) is 0 Å². The van der Waals surface area contributed by atoms with Crippen LogP contribution in [-0.4, -0.2) is 24.0 Å². The number of carboxylic acids is 2. The van der Waals surface area contributed by atoms with E-state index in [0.717, 1.165) is 0 Å². The minimum absolute atomic E-state index is 0.312. The van der Waals surface area contributed by atoms with E-state index in [1.165, 1.54) is 0 Å². The molecule has 0 saturated heterocycles. The molecule has 0 saturated carbocycles. The summed E-state index contributed by atoms with van der Waals surface area (Å²) >= 11 is 0. The van der Waals surface area contributed by atoms with Crippen LogP contribution in [-0.2, 0) is 9.59 Å². The highest BCUT2D eigenvalue weighted by Crippen LogP contribution is 1.94. The van der Waals surface area contributed by atoms with Gasteiger partial charge in [0.2, 0.25) is 0 Å². The van der Waals surface area contributed by atoms with Gasteiger partial charge in [-0.15, -0.1) is 0 Å². The quantitative estimate of drug-likeness (QED) is 0.457. The molecule has 7 heteroatoms. The van der Waals surface area contributed by atoms with E-state index in [0.29, 0.717) is 0 Å². The van der Waals surface area contributed by atoms with Crippen molar-refractivity contribution in [1.29, 1.82) is 0 Å². The second-order valence-electron chi connectivity index (χ2n) is 2.29. The summed E-state index contributed by atoms with van der Waals surface area (Å²) in [6, 6.07) is -2.44. The molecule has 3 N–H and O–H groups in total. The number of aliphatic carboxylic acids is 2. The van der Waals surface area contributed by atoms with E-state index in [1.54, 1.807) is 0 Å². The minimum atomic E-state index is -1.58. The molecule has 0 aromatic heterocycles. The van der Waals surface area contributed by atoms with Gasteiger partial charge in [0.1, 0.15) is 0 Å². The van der Waals surface area contributed by atoms with Crippen molar-refractivity contribution in [2.75, 3.05) is 0 Å². The molecular formula is C6H8N2O5-2. The Bertz CT molecular complexity index is 227. The minimum Gasteiger partial charge on any atom is -0.550 e. The maximum atomic E-state index is 10.3. The summed E-state index contributed by atoms with van der Waals surface area (Å²) in [5, 5.41) is 22.0. The topological polar surface area (TPSA) is 135 Å². The molecule has 1 atom stereocenters. The molecule has 0 aliphatic rings. The summed E-state index contributed by atoms with van der Waals surface area (Å²) in [5.74, 6) is -2.99. The molecule has 0 aromatic carbocycles. The smallest absolute Gasteiger partial charge is 0.312 e. The van der Waals surface area contributed by atoms with Crippen molar-refractivity contribution < 1.29 is 24.6 Å².